The lowest BCUT2D eigenvalue weighted by molar-refractivity contribution is 0.0912. The Kier molecular flexibility index (Phi) is 4.58. The topological polar surface area (TPSA) is 49.8 Å². The molecule has 0 fully saturated rings. The van der Waals surface area contributed by atoms with Gasteiger partial charge in [-0.25, -0.2) is 0 Å². The third kappa shape index (κ3) is 3.17. The Hall–Kier alpha value is -2.85. The van der Waals surface area contributed by atoms with Crippen LogP contribution in [-0.4, -0.2) is 30.3 Å². The highest BCUT2D eigenvalue weighted by Crippen LogP contribution is 2.37. The molecule has 0 saturated heterocycles. The number of carbonyl (C=O) groups excluding carboxylic acids is 1. The Morgan fingerprint density at radius 1 is 1.00 bits per heavy atom. The van der Waals surface area contributed by atoms with E-state index in [9.17, 15) is 9.90 Å². The molecular formula is C23H23NO3. The van der Waals surface area contributed by atoms with Crippen molar-refractivity contribution in [3.63, 3.8) is 0 Å². The Balaban J connectivity index is 1.49. The average Bonchev–Trinajstić information content (AvgIpc) is 2.94. The van der Waals surface area contributed by atoms with Crippen LogP contribution in [-0.2, 0) is 0 Å². The number of β-amino-alcohol motifs (C(OH)–C–C–N with tert-alkyl or cyclic N) is 1. The molecule has 27 heavy (non-hydrogen) atoms. The van der Waals surface area contributed by atoms with Gasteiger partial charge < -0.3 is 14.7 Å². The molecule has 0 aliphatic carbocycles. The summed E-state index contributed by atoms with van der Waals surface area (Å²) >= 11 is 0. The van der Waals surface area contributed by atoms with Gasteiger partial charge in [0.25, 0.3) is 5.91 Å². The van der Waals surface area contributed by atoms with Crippen LogP contribution in [0.25, 0.3) is 10.8 Å². The minimum absolute atomic E-state index is 0.0663. The van der Waals surface area contributed by atoms with Crippen LogP contribution in [0.4, 0.5) is 5.69 Å². The van der Waals surface area contributed by atoms with Gasteiger partial charge >= 0.3 is 0 Å². The van der Waals surface area contributed by atoms with Crippen molar-refractivity contribution in [3.05, 3.63) is 71.8 Å². The summed E-state index contributed by atoms with van der Waals surface area (Å²) in [6.07, 6.45) is -0.779. The van der Waals surface area contributed by atoms with Gasteiger partial charge in [-0.15, -0.1) is 0 Å². The largest absolute Gasteiger partial charge is 0.491 e. The number of hydrogen-bond acceptors (Lipinski definition) is 3. The first-order valence-corrected chi connectivity index (χ1v) is 9.29. The molecule has 0 spiro atoms. The first kappa shape index (κ1) is 17.6. The number of benzene rings is 3. The van der Waals surface area contributed by atoms with Crippen molar-refractivity contribution >= 4 is 22.4 Å². The lowest BCUT2D eigenvalue weighted by Gasteiger charge is -2.22. The molecule has 3 aromatic rings. The van der Waals surface area contributed by atoms with Crippen LogP contribution < -0.4 is 9.64 Å². The fraction of sp³-hybridized carbons (Fsp3) is 0.261. The molecular weight excluding hydrogens is 338 g/mol. The summed E-state index contributed by atoms with van der Waals surface area (Å²) in [4.78, 5) is 14.5. The normalized spacial score (nSPS) is 14.2. The number of nitrogens with zero attached hydrogens (tertiary/aromatic N) is 1. The van der Waals surface area contributed by atoms with Gasteiger partial charge in [0.15, 0.2) is 0 Å². The van der Waals surface area contributed by atoms with Crippen LogP contribution in [0.15, 0.2) is 60.7 Å². The summed E-state index contributed by atoms with van der Waals surface area (Å²) < 4.78 is 5.87. The molecule has 1 aliphatic rings. The van der Waals surface area contributed by atoms with Gasteiger partial charge in [0.2, 0.25) is 0 Å². The quantitative estimate of drug-likeness (QED) is 0.709. The van der Waals surface area contributed by atoms with E-state index in [1.54, 1.807) is 4.90 Å². The highest BCUT2D eigenvalue weighted by atomic mass is 16.5. The maximum absolute atomic E-state index is 12.8. The van der Waals surface area contributed by atoms with Crippen LogP contribution in [0.2, 0.25) is 0 Å². The number of ether oxygens (including phenoxy) is 1. The van der Waals surface area contributed by atoms with Crippen LogP contribution in [0, 0.1) is 0 Å². The summed E-state index contributed by atoms with van der Waals surface area (Å²) in [5, 5.41) is 12.5. The Morgan fingerprint density at radius 3 is 2.52 bits per heavy atom. The fourth-order valence-corrected chi connectivity index (χ4v) is 3.70. The Morgan fingerprint density at radius 2 is 1.74 bits per heavy atom. The van der Waals surface area contributed by atoms with Crippen LogP contribution in [0.1, 0.15) is 35.7 Å². The zero-order chi connectivity index (χ0) is 19.0. The van der Waals surface area contributed by atoms with Crippen molar-refractivity contribution in [3.8, 4) is 5.75 Å². The third-order valence-corrected chi connectivity index (χ3v) is 5.01. The van der Waals surface area contributed by atoms with E-state index in [0.29, 0.717) is 11.5 Å². The van der Waals surface area contributed by atoms with Gasteiger partial charge in [-0.1, -0.05) is 56.3 Å². The number of aliphatic hydroxyl groups excluding tert-OH is 1. The van der Waals surface area contributed by atoms with Crippen molar-refractivity contribution in [1.82, 2.24) is 0 Å². The number of amides is 1. The van der Waals surface area contributed by atoms with Gasteiger partial charge in [0, 0.05) is 10.9 Å². The zero-order valence-electron chi connectivity index (χ0n) is 15.6. The Labute approximate surface area is 159 Å². The average molecular weight is 361 g/mol. The minimum atomic E-state index is -0.779. The van der Waals surface area contributed by atoms with Crippen molar-refractivity contribution < 1.29 is 14.6 Å². The number of aliphatic hydroxyl groups is 1. The predicted octanol–water partition coefficient (Wildman–Crippen LogP) is 4.36. The lowest BCUT2D eigenvalue weighted by Crippen LogP contribution is -2.37. The molecule has 4 rings (SSSR count). The van der Waals surface area contributed by atoms with Crippen LogP contribution >= 0.6 is 0 Å². The van der Waals surface area contributed by atoms with E-state index in [-0.39, 0.29) is 19.1 Å². The van der Waals surface area contributed by atoms with E-state index in [1.807, 2.05) is 60.7 Å². The smallest absolute Gasteiger partial charge is 0.259 e. The molecule has 1 aliphatic heterocycles. The second kappa shape index (κ2) is 7.05. The molecule has 1 unspecified atom stereocenters. The fourth-order valence-electron chi connectivity index (χ4n) is 3.70. The van der Waals surface area contributed by atoms with E-state index in [2.05, 4.69) is 13.8 Å². The van der Waals surface area contributed by atoms with Crippen molar-refractivity contribution in [2.75, 3.05) is 18.1 Å². The molecule has 1 atom stereocenters. The second-order valence-corrected chi connectivity index (χ2v) is 7.25. The second-order valence-electron chi connectivity index (χ2n) is 7.25. The molecule has 0 aromatic heterocycles. The van der Waals surface area contributed by atoms with Gasteiger partial charge in [-0.2, -0.15) is 0 Å². The molecule has 1 amide bonds. The van der Waals surface area contributed by atoms with Crippen LogP contribution in [0.3, 0.4) is 0 Å². The first-order chi connectivity index (χ1) is 13.1. The maximum Gasteiger partial charge on any atom is 0.259 e. The number of carbonyl (C=O) groups is 1. The summed E-state index contributed by atoms with van der Waals surface area (Å²) in [5.74, 6) is 1.05. The highest BCUT2D eigenvalue weighted by molar-refractivity contribution is 6.25. The summed E-state index contributed by atoms with van der Waals surface area (Å²) in [6.45, 7) is 4.56. The van der Waals surface area contributed by atoms with Crippen molar-refractivity contribution in [2.45, 2.75) is 25.9 Å². The molecule has 0 radical (unpaired) electrons. The van der Waals surface area contributed by atoms with Gasteiger partial charge in [-0.3, -0.25) is 4.79 Å². The molecule has 3 aromatic carbocycles. The summed E-state index contributed by atoms with van der Waals surface area (Å²) in [7, 11) is 0. The van der Waals surface area contributed by atoms with E-state index in [4.69, 9.17) is 4.74 Å². The monoisotopic (exact) mass is 361 g/mol. The minimum Gasteiger partial charge on any atom is -0.491 e. The zero-order valence-corrected chi connectivity index (χ0v) is 15.6. The summed E-state index contributed by atoms with van der Waals surface area (Å²) in [6, 6.07) is 19.5. The SMILES string of the molecule is CC(C)c1ccccc1OCC(O)CN1C(=O)c2cccc3cccc1c23. The van der Waals surface area contributed by atoms with E-state index in [1.165, 1.54) is 0 Å². The third-order valence-electron chi connectivity index (χ3n) is 5.01. The van der Waals surface area contributed by atoms with Crippen molar-refractivity contribution in [1.29, 1.82) is 0 Å². The van der Waals surface area contributed by atoms with Gasteiger partial charge in [0.1, 0.15) is 18.5 Å². The van der Waals surface area contributed by atoms with E-state index in [0.717, 1.165) is 27.8 Å². The first-order valence-electron chi connectivity index (χ1n) is 9.29. The highest BCUT2D eigenvalue weighted by Gasteiger charge is 2.30. The number of rotatable bonds is 6. The van der Waals surface area contributed by atoms with Crippen LogP contribution in [0.5, 0.6) is 5.75 Å². The predicted molar refractivity (Wildman–Crippen MR) is 108 cm³/mol. The molecule has 4 nitrogen and oxygen atoms in total. The molecule has 1 heterocycles. The molecule has 4 heteroatoms. The number of para-hydroxylation sites is 1. The van der Waals surface area contributed by atoms with Crippen molar-refractivity contribution in [2.24, 2.45) is 0 Å². The Bertz CT molecular complexity index is 991. The maximum atomic E-state index is 12.8. The number of anilines is 1. The standard InChI is InChI=1S/C23H23NO3/c1-15(2)18-9-3-4-12-21(18)27-14-17(25)13-24-20-11-6-8-16-7-5-10-19(22(16)20)23(24)26/h3-12,15,17,25H,13-14H2,1-2H3. The van der Waals surface area contributed by atoms with Gasteiger partial charge in [0.05, 0.1) is 12.2 Å². The lowest BCUT2D eigenvalue weighted by atomic mass is 10.0. The summed E-state index contributed by atoms with van der Waals surface area (Å²) in [5.41, 5.74) is 2.66. The number of hydrogen-bond donors (Lipinski definition) is 1. The van der Waals surface area contributed by atoms with E-state index >= 15 is 0 Å². The molecule has 0 saturated carbocycles. The van der Waals surface area contributed by atoms with E-state index < -0.39 is 6.10 Å². The molecule has 1 N–H and O–H groups in total. The molecule has 138 valence electrons. The van der Waals surface area contributed by atoms with Gasteiger partial charge in [-0.05, 0) is 35.1 Å². The molecule has 0 bridgehead atoms.